The van der Waals surface area contributed by atoms with E-state index in [9.17, 15) is 4.79 Å². The number of piperidine rings is 1. The van der Waals surface area contributed by atoms with Crippen LogP contribution in [0.3, 0.4) is 0 Å². The maximum Gasteiger partial charge on any atom is 0.239 e. The summed E-state index contributed by atoms with van der Waals surface area (Å²) >= 11 is 0. The van der Waals surface area contributed by atoms with Gasteiger partial charge in [0.25, 0.3) is 0 Å². The zero-order valence-electron chi connectivity index (χ0n) is 11.8. The molecule has 1 aromatic rings. The van der Waals surface area contributed by atoms with Gasteiger partial charge in [0.15, 0.2) is 0 Å². The standard InChI is InChI=1S/C14H24N4O/c1-10(2)8-12(15)14(19)18-7-3-4-11(9-18)13-16-5-6-17-13/h5-6,10-12H,3-4,7-9,15H2,1-2H3,(H,16,17)/t11?,12-/m0/s1. The number of carbonyl (C=O) groups is 1. The number of H-pyrrole nitrogens is 1. The number of nitrogens with one attached hydrogen (secondary N) is 1. The molecule has 19 heavy (non-hydrogen) atoms. The minimum Gasteiger partial charge on any atom is -0.348 e. The first kappa shape index (κ1) is 14.1. The molecule has 1 saturated heterocycles. The molecule has 0 aliphatic carbocycles. The summed E-state index contributed by atoms with van der Waals surface area (Å²) in [5.41, 5.74) is 6.00. The number of likely N-dealkylation sites (tertiary alicyclic amines) is 1. The monoisotopic (exact) mass is 264 g/mol. The minimum absolute atomic E-state index is 0.0879. The van der Waals surface area contributed by atoms with Crippen LogP contribution < -0.4 is 5.73 Å². The highest BCUT2D eigenvalue weighted by atomic mass is 16.2. The predicted octanol–water partition coefficient (Wildman–Crippen LogP) is 1.49. The Bertz CT molecular complexity index is 402. The fraction of sp³-hybridized carbons (Fsp3) is 0.714. The Kier molecular flexibility index (Phi) is 4.58. The van der Waals surface area contributed by atoms with E-state index in [0.717, 1.165) is 38.2 Å². The van der Waals surface area contributed by atoms with E-state index in [-0.39, 0.29) is 11.9 Å². The number of hydrogen-bond acceptors (Lipinski definition) is 3. The molecule has 2 rings (SSSR count). The van der Waals surface area contributed by atoms with Gasteiger partial charge in [-0.05, 0) is 25.2 Å². The molecule has 0 bridgehead atoms. The number of carbonyl (C=O) groups excluding carboxylic acids is 1. The van der Waals surface area contributed by atoms with Crippen molar-refractivity contribution in [3.8, 4) is 0 Å². The second-order valence-electron chi connectivity index (χ2n) is 5.83. The van der Waals surface area contributed by atoms with Crippen molar-refractivity contribution in [2.24, 2.45) is 11.7 Å². The SMILES string of the molecule is CC(C)C[C@H](N)C(=O)N1CCCC(c2ncc[nH]2)C1. The molecular formula is C14H24N4O. The van der Waals surface area contributed by atoms with Crippen molar-refractivity contribution in [2.45, 2.75) is 45.1 Å². The van der Waals surface area contributed by atoms with E-state index >= 15 is 0 Å². The summed E-state index contributed by atoms with van der Waals surface area (Å²) in [5, 5.41) is 0. The van der Waals surface area contributed by atoms with Crippen LogP contribution >= 0.6 is 0 Å². The first-order chi connectivity index (χ1) is 9.08. The molecule has 1 amide bonds. The number of amides is 1. The molecule has 1 aliphatic heterocycles. The highest BCUT2D eigenvalue weighted by molar-refractivity contribution is 5.81. The summed E-state index contributed by atoms with van der Waals surface area (Å²) in [6.07, 6.45) is 6.45. The average Bonchev–Trinajstić information content (AvgIpc) is 2.91. The number of hydrogen-bond donors (Lipinski definition) is 2. The fourth-order valence-corrected chi connectivity index (χ4v) is 2.74. The van der Waals surface area contributed by atoms with E-state index in [0.29, 0.717) is 11.8 Å². The Hall–Kier alpha value is -1.36. The van der Waals surface area contributed by atoms with Gasteiger partial charge in [-0.25, -0.2) is 4.98 Å². The molecule has 1 aliphatic rings. The summed E-state index contributed by atoms with van der Waals surface area (Å²) in [5.74, 6) is 1.84. The Morgan fingerprint density at radius 2 is 2.42 bits per heavy atom. The molecule has 1 fully saturated rings. The summed E-state index contributed by atoms with van der Waals surface area (Å²) in [6.45, 7) is 5.74. The molecule has 2 heterocycles. The van der Waals surface area contributed by atoms with Crippen molar-refractivity contribution < 1.29 is 4.79 Å². The Morgan fingerprint density at radius 1 is 1.63 bits per heavy atom. The molecule has 3 N–H and O–H groups in total. The van der Waals surface area contributed by atoms with Gasteiger partial charge in [0.2, 0.25) is 5.91 Å². The first-order valence-electron chi connectivity index (χ1n) is 7.11. The first-order valence-corrected chi connectivity index (χ1v) is 7.11. The van der Waals surface area contributed by atoms with Gasteiger partial charge in [-0.15, -0.1) is 0 Å². The third-order valence-corrected chi connectivity index (χ3v) is 3.68. The van der Waals surface area contributed by atoms with Crippen molar-refractivity contribution in [1.29, 1.82) is 0 Å². The van der Waals surface area contributed by atoms with Crippen molar-refractivity contribution >= 4 is 5.91 Å². The van der Waals surface area contributed by atoms with Crippen LogP contribution in [0.2, 0.25) is 0 Å². The van der Waals surface area contributed by atoms with Gasteiger partial charge in [-0.2, -0.15) is 0 Å². The molecule has 0 radical (unpaired) electrons. The van der Waals surface area contributed by atoms with Crippen molar-refractivity contribution in [3.63, 3.8) is 0 Å². The van der Waals surface area contributed by atoms with Crippen LogP contribution in [0.1, 0.15) is 44.9 Å². The van der Waals surface area contributed by atoms with Crippen LogP contribution in [-0.2, 0) is 4.79 Å². The normalized spacial score (nSPS) is 21.7. The number of nitrogens with two attached hydrogens (primary N) is 1. The zero-order chi connectivity index (χ0) is 13.8. The third kappa shape index (κ3) is 3.56. The lowest BCUT2D eigenvalue weighted by Crippen LogP contribution is -2.48. The molecule has 106 valence electrons. The molecule has 0 aromatic carbocycles. The third-order valence-electron chi connectivity index (χ3n) is 3.68. The minimum atomic E-state index is -0.365. The van der Waals surface area contributed by atoms with E-state index < -0.39 is 0 Å². The molecule has 2 atom stereocenters. The largest absolute Gasteiger partial charge is 0.348 e. The van der Waals surface area contributed by atoms with E-state index in [1.807, 2.05) is 11.1 Å². The van der Waals surface area contributed by atoms with Crippen LogP contribution in [0.25, 0.3) is 0 Å². The molecule has 1 aromatic heterocycles. The van der Waals surface area contributed by atoms with Crippen LogP contribution in [0.4, 0.5) is 0 Å². The summed E-state index contributed by atoms with van der Waals surface area (Å²) in [7, 11) is 0. The Morgan fingerprint density at radius 3 is 3.05 bits per heavy atom. The van der Waals surface area contributed by atoms with Crippen molar-refractivity contribution in [2.75, 3.05) is 13.1 Å². The lowest BCUT2D eigenvalue weighted by molar-refractivity contribution is -0.134. The second kappa shape index (κ2) is 6.19. The topological polar surface area (TPSA) is 75.0 Å². The van der Waals surface area contributed by atoms with Crippen LogP contribution in [0.15, 0.2) is 12.4 Å². The number of nitrogens with zero attached hydrogens (tertiary/aromatic N) is 2. The average molecular weight is 264 g/mol. The second-order valence-corrected chi connectivity index (χ2v) is 5.83. The molecule has 0 spiro atoms. The van der Waals surface area contributed by atoms with Gasteiger partial charge in [0, 0.05) is 31.4 Å². The van der Waals surface area contributed by atoms with Gasteiger partial charge >= 0.3 is 0 Å². The molecule has 5 nitrogen and oxygen atoms in total. The van der Waals surface area contributed by atoms with Crippen LogP contribution in [0.5, 0.6) is 0 Å². The van der Waals surface area contributed by atoms with Gasteiger partial charge in [0.05, 0.1) is 6.04 Å². The molecule has 5 heteroatoms. The maximum absolute atomic E-state index is 12.3. The molecule has 1 unspecified atom stereocenters. The van der Waals surface area contributed by atoms with E-state index in [4.69, 9.17) is 5.73 Å². The van der Waals surface area contributed by atoms with Crippen molar-refractivity contribution in [3.05, 3.63) is 18.2 Å². The maximum atomic E-state index is 12.3. The number of imidazole rings is 1. The Balaban J connectivity index is 1.95. The van der Waals surface area contributed by atoms with Gasteiger partial charge < -0.3 is 15.6 Å². The summed E-state index contributed by atoms with van der Waals surface area (Å²) in [4.78, 5) is 21.7. The van der Waals surface area contributed by atoms with E-state index in [2.05, 4.69) is 23.8 Å². The lowest BCUT2D eigenvalue weighted by atomic mass is 9.95. The lowest BCUT2D eigenvalue weighted by Gasteiger charge is -2.33. The van der Waals surface area contributed by atoms with Crippen LogP contribution in [0, 0.1) is 5.92 Å². The molecule has 0 saturated carbocycles. The quantitative estimate of drug-likeness (QED) is 0.865. The van der Waals surface area contributed by atoms with Crippen LogP contribution in [-0.4, -0.2) is 39.9 Å². The highest BCUT2D eigenvalue weighted by Crippen LogP contribution is 2.24. The summed E-state index contributed by atoms with van der Waals surface area (Å²) in [6, 6.07) is -0.365. The molecular weight excluding hydrogens is 240 g/mol. The number of rotatable bonds is 4. The van der Waals surface area contributed by atoms with E-state index in [1.165, 1.54) is 0 Å². The summed E-state index contributed by atoms with van der Waals surface area (Å²) < 4.78 is 0. The number of aromatic amines is 1. The van der Waals surface area contributed by atoms with Gasteiger partial charge in [0.1, 0.15) is 5.82 Å². The highest BCUT2D eigenvalue weighted by Gasteiger charge is 2.28. The predicted molar refractivity (Wildman–Crippen MR) is 74.6 cm³/mol. The van der Waals surface area contributed by atoms with Gasteiger partial charge in [-0.1, -0.05) is 13.8 Å². The smallest absolute Gasteiger partial charge is 0.239 e. The van der Waals surface area contributed by atoms with E-state index in [1.54, 1.807) is 6.20 Å². The zero-order valence-corrected chi connectivity index (χ0v) is 11.8. The fourth-order valence-electron chi connectivity index (χ4n) is 2.74. The Labute approximate surface area is 114 Å². The van der Waals surface area contributed by atoms with Gasteiger partial charge in [-0.3, -0.25) is 4.79 Å². The van der Waals surface area contributed by atoms with Crippen molar-refractivity contribution in [1.82, 2.24) is 14.9 Å². The number of aromatic nitrogens is 2.